The summed E-state index contributed by atoms with van der Waals surface area (Å²) in [7, 11) is 3.53. The summed E-state index contributed by atoms with van der Waals surface area (Å²) in [5.41, 5.74) is 2.96. The standard InChI is InChI=1S/C17H24N2O2S/c1-13-11-16(17(20)18(3)8-6-9-21-4)14(2)19(13)12-15-7-5-10-22-15/h5,7,10-11H,6,8-9,12H2,1-4H3. The molecule has 0 aliphatic rings. The lowest BCUT2D eigenvalue weighted by Gasteiger charge is -2.17. The predicted octanol–water partition coefficient (Wildman–Crippen LogP) is 3.32. The van der Waals surface area contributed by atoms with Crippen LogP contribution in [-0.2, 0) is 11.3 Å². The molecule has 0 fully saturated rings. The number of amides is 1. The largest absolute Gasteiger partial charge is 0.385 e. The molecule has 0 atom stereocenters. The second-order valence-electron chi connectivity index (χ2n) is 5.52. The van der Waals surface area contributed by atoms with Crippen LogP contribution in [-0.4, -0.2) is 42.7 Å². The molecule has 0 aromatic carbocycles. The normalized spacial score (nSPS) is 10.9. The summed E-state index contributed by atoms with van der Waals surface area (Å²) >= 11 is 1.74. The monoisotopic (exact) mass is 320 g/mol. The van der Waals surface area contributed by atoms with Crippen molar-refractivity contribution in [3.8, 4) is 0 Å². The molecular formula is C17H24N2O2S. The maximum atomic E-state index is 12.6. The Morgan fingerprint density at radius 2 is 2.18 bits per heavy atom. The number of aryl methyl sites for hydroxylation is 1. The molecule has 0 bridgehead atoms. The molecule has 0 aliphatic carbocycles. The number of carbonyl (C=O) groups excluding carboxylic acids is 1. The third-order valence-electron chi connectivity index (χ3n) is 3.89. The maximum Gasteiger partial charge on any atom is 0.255 e. The topological polar surface area (TPSA) is 34.5 Å². The SMILES string of the molecule is COCCCN(C)C(=O)c1cc(C)n(Cc2cccs2)c1C. The summed E-state index contributed by atoms with van der Waals surface area (Å²) in [5, 5.41) is 2.08. The highest BCUT2D eigenvalue weighted by Crippen LogP contribution is 2.20. The van der Waals surface area contributed by atoms with Crippen LogP contribution in [0.25, 0.3) is 0 Å². The van der Waals surface area contributed by atoms with Gasteiger partial charge in [-0.2, -0.15) is 0 Å². The van der Waals surface area contributed by atoms with Gasteiger partial charge in [-0.15, -0.1) is 11.3 Å². The van der Waals surface area contributed by atoms with Gasteiger partial charge in [0.05, 0.1) is 12.1 Å². The Kier molecular flexibility index (Phi) is 5.80. The first kappa shape index (κ1) is 16.8. The van der Waals surface area contributed by atoms with Crippen molar-refractivity contribution in [2.45, 2.75) is 26.8 Å². The second kappa shape index (κ2) is 7.61. The van der Waals surface area contributed by atoms with Crippen LogP contribution in [0, 0.1) is 13.8 Å². The fourth-order valence-electron chi connectivity index (χ4n) is 2.57. The van der Waals surface area contributed by atoms with Gasteiger partial charge < -0.3 is 14.2 Å². The molecule has 1 amide bonds. The quantitative estimate of drug-likeness (QED) is 0.734. The van der Waals surface area contributed by atoms with Crippen molar-refractivity contribution in [2.24, 2.45) is 0 Å². The van der Waals surface area contributed by atoms with Crippen LogP contribution < -0.4 is 0 Å². The molecular weight excluding hydrogens is 296 g/mol. The van der Waals surface area contributed by atoms with Gasteiger partial charge in [0, 0.05) is 43.6 Å². The number of carbonyl (C=O) groups is 1. The van der Waals surface area contributed by atoms with E-state index in [4.69, 9.17) is 4.74 Å². The van der Waals surface area contributed by atoms with Gasteiger partial charge in [0.1, 0.15) is 0 Å². The summed E-state index contributed by atoms with van der Waals surface area (Å²) in [6.07, 6.45) is 0.854. The van der Waals surface area contributed by atoms with E-state index in [9.17, 15) is 4.79 Å². The van der Waals surface area contributed by atoms with Crippen LogP contribution in [0.15, 0.2) is 23.6 Å². The first-order valence-corrected chi connectivity index (χ1v) is 8.36. The lowest BCUT2D eigenvalue weighted by molar-refractivity contribution is 0.0778. The highest BCUT2D eigenvalue weighted by atomic mass is 32.1. The molecule has 0 unspecified atom stereocenters. The molecule has 0 aliphatic heterocycles. The molecule has 0 saturated carbocycles. The van der Waals surface area contributed by atoms with E-state index in [1.54, 1.807) is 23.3 Å². The van der Waals surface area contributed by atoms with Crippen LogP contribution in [0.4, 0.5) is 0 Å². The van der Waals surface area contributed by atoms with Crippen LogP contribution in [0.1, 0.15) is 33.0 Å². The second-order valence-corrected chi connectivity index (χ2v) is 6.56. The molecule has 2 rings (SSSR count). The zero-order valence-corrected chi connectivity index (χ0v) is 14.6. The fraction of sp³-hybridized carbons (Fsp3) is 0.471. The van der Waals surface area contributed by atoms with E-state index in [0.717, 1.165) is 29.9 Å². The summed E-state index contributed by atoms with van der Waals surface area (Å²) in [6.45, 7) is 6.30. The number of hydrogen-bond acceptors (Lipinski definition) is 3. The van der Waals surface area contributed by atoms with Crippen molar-refractivity contribution in [1.82, 2.24) is 9.47 Å². The van der Waals surface area contributed by atoms with E-state index >= 15 is 0 Å². The number of thiophene rings is 1. The number of ether oxygens (including phenoxy) is 1. The fourth-order valence-corrected chi connectivity index (χ4v) is 3.27. The zero-order valence-electron chi connectivity index (χ0n) is 13.8. The van der Waals surface area contributed by atoms with Crippen LogP contribution in [0.2, 0.25) is 0 Å². The first-order chi connectivity index (χ1) is 10.5. The minimum atomic E-state index is 0.0848. The van der Waals surface area contributed by atoms with E-state index in [1.165, 1.54) is 4.88 Å². The van der Waals surface area contributed by atoms with Crippen LogP contribution in [0.5, 0.6) is 0 Å². The van der Waals surface area contributed by atoms with E-state index in [0.29, 0.717) is 13.2 Å². The van der Waals surface area contributed by atoms with Gasteiger partial charge >= 0.3 is 0 Å². The van der Waals surface area contributed by atoms with Gasteiger partial charge in [0.2, 0.25) is 0 Å². The predicted molar refractivity (Wildman–Crippen MR) is 90.8 cm³/mol. The van der Waals surface area contributed by atoms with Gasteiger partial charge in [0.25, 0.3) is 5.91 Å². The average molecular weight is 320 g/mol. The highest BCUT2D eigenvalue weighted by Gasteiger charge is 2.19. The molecule has 120 valence electrons. The molecule has 0 radical (unpaired) electrons. The third kappa shape index (κ3) is 3.78. The molecule has 4 nitrogen and oxygen atoms in total. The Labute approximate surface area is 136 Å². The molecule has 22 heavy (non-hydrogen) atoms. The number of methoxy groups -OCH3 is 1. The Balaban J connectivity index is 2.13. The average Bonchev–Trinajstić information content (AvgIpc) is 3.10. The summed E-state index contributed by atoms with van der Waals surface area (Å²) in [6, 6.07) is 6.18. The molecule has 0 N–H and O–H groups in total. The van der Waals surface area contributed by atoms with Crippen molar-refractivity contribution in [3.05, 3.63) is 45.4 Å². The van der Waals surface area contributed by atoms with Gasteiger partial charge in [-0.25, -0.2) is 0 Å². The summed E-state index contributed by atoms with van der Waals surface area (Å²) in [5.74, 6) is 0.0848. The molecule has 5 heteroatoms. The van der Waals surface area contributed by atoms with E-state index in [-0.39, 0.29) is 5.91 Å². The minimum Gasteiger partial charge on any atom is -0.385 e. The third-order valence-corrected chi connectivity index (χ3v) is 4.75. The molecule has 2 heterocycles. The van der Waals surface area contributed by atoms with Crippen LogP contribution in [0.3, 0.4) is 0 Å². The van der Waals surface area contributed by atoms with Crippen molar-refractivity contribution < 1.29 is 9.53 Å². The highest BCUT2D eigenvalue weighted by molar-refractivity contribution is 7.09. The van der Waals surface area contributed by atoms with Crippen LogP contribution >= 0.6 is 11.3 Å². The van der Waals surface area contributed by atoms with Gasteiger partial charge in [-0.3, -0.25) is 4.79 Å². The Morgan fingerprint density at radius 1 is 1.41 bits per heavy atom. The number of hydrogen-bond donors (Lipinski definition) is 0. The molecule has 0 saturated heterocycles. The Morgan fingerprint density at radius 3 is 2.82 bits per heavy atom. The maximum absolute atomic E-state index is 12.6. The van der Waals surface area contributed by atoms with Gasteiger partial charge in [-0.1, -0.05) is 6.07 Å². The molecule has 2 aromatic rings. The van der Waals surface area contributed by atoms with Crippen molar-refractivity contribution in [3.63, 3.8) is 0 Å². The lowest BCUT2D eigenvalue weighted by atomic mass is 10.2. The lowest BCUT2D eigenvalue weighted by Crippen LogP contribution is -2.28. The first-order valence-electron chi connectivity index (χ1n) is 7.48. The van der Waals surface area contributed by atoms with E-state index in [1.807, 2.05) is 20.0 Å². The summed E-state index contributed by atoms with van der Waals surface area (Å²) in [4.78, 5) is 15.7. The van der Waals surface area contributed by atoms with Gasteiger partial charge in [0.15, 0.2) is 0 Å². The van der Waals surface area contributed by atoms with Crippen molar-refractivity contribution in [2.75, 3.05) is 27.3 Å². The Hall–Kier alpha value is -1.59. The van der Waals surface area contributed by atoms with E-state index < -0.39 is 0 Å². The number of rotatable bonds is 7. The minimum absolute atomic E-state index is 0.0848. The Bertz CT molecular complexity index is 617. The number of aromatic nitrogens is 1. The smallest absolute Gasteiger partial charge is 0.255 e. The summed E-state index contributed by atoms with van der Waals surface area (Å²) < 4.78 is 7.25. The molecule has 2 aromatic heterocycles. The van der Waals surface area contributed by atoms with Crippen molar-refractivity contribution in [1.29, 1.82) is 0 Å². The zero-order chi connectivity index (χ0) is 16.1. The molecule has 0 spiro atoms. The van der Waals surface area contributed by atoms with E-state index in [2.05, 4.69) is 29.0 Å². The number of nitrogens with zero attached hydrogens (tertiary/aromatic N) is 2. The van der Waals surface area contributed by atoms with Crippen molar-refractivity contribution >= 4 is 17.2 Å². The van der Waals surface area contributed by atoms with Gasteiger partial charge in [-0.05, 0) is 37.8 Å².